The minimum atomic E-state index is -0.259. The predicted molar refractivity (Wildman–Crippen MR) is 76.4 cm³/mol. The molecule has 0 atom stereocenters. The van der Waals surface area contributed by atoms with E-state index in [0.717, 1.165) is 16.3 Å². The van der Waals surface area contributed by atoms with Crippen molar-refractivity contribution < 1.29 is 14.3 Å². The Balaban J connectivity index is 2.13. The zero-order valence-corrected chi connectivity index (χ0v) is 12.4. The van der Waals surface area contributed by atoms with Crippen molar-refractivity contribution in [2.75, 3.05) is 6.61 Å². The molecule has 102 valence electrons. The number of Topliss-reactive ketones (excluding diaryl/α,β-unsaturated/α-hetero) is 1. The van der Waals surface area contributed by atoms with E-state index in [9.17, 15) is 10.0 Å². The Kier molecular flexibility index (Phi) is 4.58. The topological polar surface area (TPSA) is 52.4 Å². The molecule has 1 aliphatic rings. The average molecular weight is 326 g/mol. The molecule has 19 heavy (non-hydrogen) atoms. The lowest BCUT2D eigenvalue weighted by molar-refractivity contribution is -0.469. The zero-order chi connectivity index (χ0) is 13.8. The molecule has 1 aromatic carbocycles. The fourth-order valence-corrected chi connectivity index (χ4v) is 2.26. The third-order valence-electron chi connectivity index (χ3n) is 2.86. The molecule has 0 unspecified atom stereocenters. The number of rotatable bonds is 6. The van der Waals surface area contributed by atoms with E-state index >= 15 is 0 Å². The summed E-state index contributed by atoms with van der Waals surface area (Å²) in [7, 11) is 0. The van der Waals surface area contributed by atoms with E-state index in [0.29, 0.717) is 23.0 Å². The van der Waals surface area contributed by atoms with Crippen LogP contribution in [0.2, 0.25) is 0 Å². The van der Waals surface area contributed by atoms with Crippen LogP contribution in [0.25, 0.3) is 0 Å². The number of carbonyl (C=O) groups is 1. The first-order chi connectivity index (χ1) is 9.06. The van der Waals surface area contributed by atoms with Gasteiger partial charge in [0.15, 0.2) is 6.54 Å². The van der Waals surface area contributed by atoms with Crippen LogP contribution in [0.15, 0.2) is 22.7 Å². The second-order valence-electron chi connectivity index (χ2n) is 4.80. The molecule has 1 aromatic rings. The van der Waals surface area contributed by atoms with Crippen LogP contribution in [0.4, 0.5) is 0 Å². The summed E-state index contributed by atoms with van der Waals surface area (Å²) in [5.74, 6) is 1.09. The third-order valence-corrected chi connectivity index (χ3v) is 3.49. The number of ketones is 1. The molecule has 1 fully saturated rings. The highest BCUT2D eigenvalue weighted by Gasteiger charge is 2.23. The number of halogens is 1. The Morgan fingerprint density at radius 3 is 2.95 bits per heavy atom. The van der Waals surface area contributed by atoms with Crippen molar-refractivity contribution in [1.29, 1.82) is 0 Å². The monoisotopic (exact) mass is 325 g/mol. The van der Waals surface area contributed by atoms with Crippen molar-refractivity contribution in [2.24, 2.45) is 5.92 Å². The van der Waals surface area contributed by atoms with Crippen molar-refractivity contribution in [3.05, 3.63) is 33.4 Å². The molecule has 1 aliphatic carbocycles. The highest BCUT2D eigenvalue weighted by atomic mass is 79.9. The van der Waals surface area contributed by atoms with Gasteiger partial charge < -0.3 is 9.94 Å². The van der Waals surface area contributed by atoms with Crippen molar-refractivity contribution in [1.82, 2.24) is 0 Å². The van der Waals surface area contributed by atoms with Crippen LogP contribution in [0.5, 0.6) is 5.75 Å². The van der Waals surface area contributed by atoms with Crippen LogP contribution in [0, 0.1) is 11.1 Å². The van der Waals surface area contributed by atoms with Gasteiger partial charge in [-0.1, -0.05) is 6.07 Å². The van der Waals surface area contributed by atoms with Gasteiger partial charge in [0.1, 0.15) is 5.75 Å². The van der Waals surface area contributed by atoms with Crippen LogP contribution in [-0.4, -0.2) is 23.3 Å². The predicted octanol–water partition coefficient (Wildman–Crippen LogP) is 2.91. The summed E-state index contributed by atoms with van der Waals surface area (Å²) in [5.41, 5.74) is 0.780. The van der Waals surface area contributed by atoms with E-state index in [1.54, 1.807) is 0 Å². The molecule has 0 aromatic heterocycles. The first kappa shape index (κ1) is 14.1. The van der Waals surface area contributed by atoms with Crippen molar-refractivity contribution in [3.8, 4) is 5.75 Å². The number of hydrogen-bond acceptors (Lipinski definition) is 3. The maximum absolute atomic E-state index is 11.6. The lowest BCUT2D eigenvalue weighted by Crippen LogP contribution is -2.11. The number of benzene rings is 1. The largest absolute Gasteiger partial charge is 0.623 e. The molecule has 0 N–H and O–H groups in total. The standard InChI is InChI=1S/C14H16BrNO3/c1-10(17)7-16(18)8-12-3-2-4-13(15)14(12)19-9-11-5-6-11/h2-4,7,11H,5-6,8-9H2,1H3/b16-7-. The number of nitrogens with zero attached hydrogens (tertiary/aromatic N) is 1. The van der Waals surface area contributed by atoms with Gasteiger partial charge in [-0.05, 0) is 46.8 Å². The average Bonchev–Trinajstić information content (AvgIpc) is 3.11. The number of carbonyl (C=O) groups excluding carboxylic acids is 1. The minimum absolute atomic E-state index is 0.110. The molecule has 0 spiro atoms. The lowest BCUT2D eigenvalue weighted by Gasteiger charge is -2.12. The highest BCUT2D eigenvalue weighted by molar-refractivity contribution is 9.10. The van der Waals surface area contributed by atoms with Gasteiger partial charge in [0, 0.05) is 6.92 Å². The normalized spacial score (nSPS) is 15.4. The minimum Gasteiger partial charge on any atom is -0.623 e. The fourth-order valence-electron chi connectivity index (χ4n) is 1.74. The maximum atomic E-state index is 11.6. The second-order valence-corrected chi connectivity index (χ2v) is 5.65. The SMILES string of the molecule is CC(=O)/C=[N+](\[O-])Cc1cccc(Br)c1OCC1CC1. The summed E-state index contributed by atoms with van der Waals surface area (Å²) in [4.78, 5) is 10.9. The molecule has 2 rings (SSSR count). The van der Waals surface area contributed by atoms with E-state index < -0.39 is 0 Å². The molecule has 0 saturated heterocycles. The summed E-state index contributed by atoms with van der Waals surface area (Å²) in [6, 6.07) is 5.58. The zero-order valence-electron chi connectivity index (χ0n) is 10.8. The van der Waals surface area contributed by atoms with E-state index in [1.165, 1.54) is 19.8 Å². The lowest BCUT2D eigenvalue weighted by atomic mass is 10.2. The molecule has 5 heteroatoms. The first-order valence-electron chi connectivity index (χ1n) is 6.25. The van der Waals surface area contributed by atoms with E-state index in [-0.39, 0.29) is 12.3 Å². The first-order valence-corrected chi connectivity index (χ1v) is 7.05. The van der Waals surface area contributed by atoms with Crippen LogP contribution in [0.3, 0.4) is 0 Å². The molecule has 0 amide bonds. The van der Waals surface area contributed by atoms with Crippen LogP contribution in [-0.2, 0) is 11.3 Å². The molecular formula is C14H16BrNO3. The number of para-hydroxylation sites is 1. The van der Waals surface area contributed by atoms with E-state index in [4.69, 9.17) is 4.74 Å². The Morgan fingerprint density at radius 2 is 2.32 bits per heavy atom. The molecule has 0 aliphatic heterocycles. The summed E-state index contributed by atoms with van der Waals surface area (Å²) in [6.07, 6.45) is 3.47. The molecule has 4 nitrogen and oxygen atoms in total. The quantitative estimate of drug-likeness (QED) is 0.350. The summed E-state index contributed by atoms with van der Waals surface area (Å²) in [5, 5.41) is 11.6. The van der Waals surface area contributed by atoms with Gasteiger partial charge in [0.2, 0.25) is 12.0 Å². The summed E-state index contributed by atoms with van der Waals surface area (Å²) < 4.78 is 7.25. The smallest absolute Gasteiger partial charge is 0.217 e. The van der Waals surface area contributed by atoms with Crippen molar-refractivity contribution in [2.45, 2.75) is 26.3 Å². The van der Waals surface area contributed by atoms with E-state index in [1.807, 2.05) is 18.2 Å². The Labute approximate surface area is 120 Å². The highest BCUT2D eigenvalue weighted by Crippen LogP contribution is 2.34. The van der Waals surface area contributed by atoms with Gasteiger partial charge in [-0.2, -0.15) is 0 Å². The van der Waals surface area contributed by atoms with Crippen LogP contribution < -0.4 is 4.74 Å². The van der Waals surface area contributed by atoms with Gasteiger partial charge in [-0.15, -0.1) is 0 Å². The Hall–Kier alpha value is -1.36. The van der Waals surface area contributed by atoms with Crippen LogP contribution >= 0.6 is 15.9 Å². The molecular weight excluding hydrogens is 310 g/mol. The number of hydrogen-bond donors (Lipinski definition) is 0. The van der Waals surface area contributed by atoms with Gasteiger partial charge in [-0.25, -0.2) is 4.74 Å². The Morgan fingerprint density at radius 1 is 1.58 bits per heavy atom. The van der Waals surface area contributed by atoms with Gasteiger partial charge >= 0.3 is 0 Å². The fraction of sp³-hybridized carbons (Fsp3) is 0.429. The van der Waals surface area contributed by atoms with Gasteiger partial charge in [0.25, 0.3) is 0 Å². The molecule has 0 radical (unpaired) electrons. The maximum Gasteiger partial charge on any atom is 0.217 e. The Bertz CT molecular complexity index is 509. The second kappa shape index (κ2) is 6.19. The van der Waals surface area contributed by atoms with Crippen molar-refractivity contribution in [3.63, 3.8) is 0 Å². The van der Waals surface area contributed by atoms with Crippen LogP contribution in [0.1, 0.15) is 25.3 Å². The number of ether oxygens (including phenoxy) is 1. The van der Waals surface area contributed by atoms with E-state index in [2.05, 4.69) is 15.9 Å². The third kappa shape index (κ3) is 4.35. The van der Waals surface area contributed by atoms with Gasteiger partial charge in [-0.3, -0.25) is 4.79 Å². The molecule has 0 heterocycles. The summed E-state index contributed by atoms with van der Waals surface area (Å²) in [6.45, 7) is 2.15. The summed E-state index contributed by atoms with van der Waals surface area (Å²) >= 11 is 3.44. The van der Waals surface area contributed by atoms with Gasteiger partial charge in [0.05, 0.1) is 16.6 Å². The van der Waals surface area contributed by atoms with Crippen molar-refractivity contribution >= 4 is 27.9 Å². The molecule has 0 bridgehead atoms. The number of hydroxylamine groups is 1. The molecule has 1 saturated carbocycles.